The third-order valence-electron chi connectivity index (χ3n) is 3.85. The van der Waals surface area contributed by atoms with Crippen molar-refractivity contribution in [2.24, 2.45) is 0 Å². The topological polar surface area (TPSA) is 75.1 Å². The number of carboxylic acids is 1. The van der Waals surface area contributed by atoms with E-state index in [2.05, 4.69) is 18.8 Å². The Morgan fingerprint density at radius 1 is 1.29 bits per heavy atom. The van der Waals surface area contributed by atoms with Crippen LogP contribution in [0.2, 0.25) is 0 Å². The smallest absolute Gasteiger partial charge is 0.337 e. The van der Waals surface area contributed by atoms with Gasteiger partial charge in [0, 0.05) is 6.04 Å². The number of imidazole rings is 1. The Morgan fingerprint density at radius 2 is 2.05 bits per heavy atom. The number of H-pyrrole nitrogens is 1. The largest absolute Gasteiger partial charge is 0.478 e. The van der Waals surface area contributed by atoms with Gasteiger partial charge in [0.25, 0.3) is 0 Å². The van der Waals surface area contributed by atoms with Gasteiger partial charge in [-0.2, -0.15) is 0 Å². The molecule has 0 saturated heterocycles. The Morgan fingerprint density at radius 3 is 2.67 bits per heavy atom. The van der Waals surface area contributed by atoms with Crippen molar-refractivity contribution in [2.75, 3.05) is 0 Å². The molecule has 21 heavy (non-hydrogen) atoms. The fourth-order valence-corrected chi connectivity index (χ4v) is 2.88. The summed E-state index contributed by atoms with van der Waals surface area (Å²) in [6.45, 7) is 4.20. The summed E-state index contributed by atoms with van der Waals surface area (Å²) < 4.78 is 1.65. The number of fused-ring (bicyclic) bond motifs is 1. The summed E-state index contributed by atoms with van der Waals surface area (Å²) in [5.41, 5.74) is 1.08. The van der Waals surface area contributed by atoms with E-state index in [1.165, 1.54) is 0 Å². The molecule has 0 saturated carbocycles. The van der Waals surface area contributed by atoms with Gasteiger partial charge in [-0.05, 0) is 25.0 Å². The average Bonchev–Trinajstić information content (AvgIpc) is 2.79. The standard InChI is InChI=1S/C16H22N2O3/c1-3-5-8-11(7-4-2)18-14-12(15(19)20)9-6-10-13(14)17-16(18)21/h6,9-11H,3-5,7-8H2,1-2H3,(H,17,21)(H,19,20). The molecule has 1 heterocycles. The first-order chi connectivity index (χ1) is 10.1. The third kappa shape index (κ3) is 3.01. The lowest BCUT2D eigenvalue weighted by Crippen LogP contribution is -2.23. The van der Waals surface area contributed by atoms with Gasteiger partial charge >= 0.3 is 11.7 Å². The lowest BCUT2D eigenvalue weighted by atomic mass is 10.0. The number of aromatic carboxylic acids is 1. The van der Waals surface area contributed by atoms with Crippen molar-refractivity contribution in [3.05, 3.63) is 34.2 Å². The van der Waals surface area contributed by atoms with Crippen LogP contribution in [-0.2, 0) is 0 Å². The summed E-state index contributed by atoms with van der Waals surface area (Å²) in [5, 5.41) is 9.38. The molecule has 2 aromatic rings. The van der Waals surface area contributed by atoms with Gasteiger partial charge in [0.2, 0.25) is 0 Å². The number of unbranched alkanes of at least 4 members (excludes halogenated alkanes) is 1. The highest BCUT2D eigenvalue weighted by Crippen LogP contribution is 2.25. The van der Waals surface area contributed by atoms with Crippen molar-refractivity contribution >= 4 is 17.0 Å². The molecule has 0 aliphatic rings. The van der Waals surface area contributed by atoms with Gasteiger partial charge in [-0.3, -0.25) is 4.57 Å². The van der Waals surface area contributed by atoms with E-state index in [1.54, 1.807) is 22.8 Å². The van der Waals surface area contributed by atoms with Crippen molar-refractivity contribution < 1.29 is 9.90 Å². The van der Waals surface area contributed by atoms with Crippen LogP contribution in [-0.4, -0.2) is 20.6 Å². The zero-order valence-electron chi connectivity index (χ0n) is 12.6. The van der Waals surface area contributed by atoms with Crippen LogP contribution in [0, 0.1) is 0 Å². The molecule has 1 aromatic carbocycles. The van der Waals surface area contributed by atoms with Crippen molar-refractivity contribution in [1.82, 2.24) is 9.55 Å². The van der Waals surface area contributed by atoms with E-state index in [9.17, 15) is 14.7 Å². The average molecular weight is 290 g/mol. The molecule has 0 amide bonds. The summed E-state index contributed by atoms with van der Waals surface area (Å²) in [6.07, 6.45) is 4.82. The maximum Gasteiger partial charge on any atom is 0.337 e. The molecule has 0 aliphatic carbocycles. The van der Waals surface area contributed by atoms with Gasteiger partial charge in [-0.25, -0.2) is 9.59 Å². The summed E-state index contributed by atoms with van der Waals surface area (Å²) in [4.78, 5) is 26.5. The third-order valence-corrected chi connectivity index (χ3v) is 3.85. The van der Waals surface area contributed by atoms with Crippen LogP contribution < -0.4 is 5.69 Å². The minimum Gasteiger partial charge on any atom is -0.478 e. The number of carbonyl (C=O) groups is 1. The SMILES string of the molecule is CCCCC(CCC)n1c(=O)[nH]c2cccc(C(=O)O)c21. The predicted octanol–water partition coefficient (Wildman–Crippen LogP) is 3.56. The van der Waals surface area contributed by atoms with Crippen LogP contribution in [0.25, 0.3) is 11.0 Å². The van der Waals surface area contributed by atoms with Crippen LogP contribution in [0.1, 0.15) is 62.4 Å². The Labute approximate surface area is 123 Å². The molecule has 0 bridgehead atoms. The van der Waals surface area contributed by atoms with Crippen LogP contribution in [0.3, 0.4) is 0 Å². The first kappa shape index (κ1) is 15.4. The normalized spacial score (nSPS) is 12.7. The van der Waals surface area contributed by atoms with Crippen LogP contribution in [0.4, 0.5) is 0 Å². The highest BCUT2D eigenvalue weighted by molar-refractivity contribution is 6.01. The van der Waals surface area contributed by atoms with E-state index in [1.807, 2.05) is 0 Å². The molecule has 0 aliphatic heterocycles. The number of benzene rings is 1. The van der Waals surface area contributed by atoms with E-state index >= 15 is 0 Å². The zero-order valence-corrected chi connectivity index (χ0v) is 12.6. The maximum absolute atomic E-state index is 12.3. The maximum atomic E-state index is 12.3. The lowest BCUT2D eigenvalue weighted by molar-refractivity contribution is 0.0698. The molecular formula is C16H22N2O3. The number of para-hydroxylation sites is 1. The van der Waals surface area contributed by atoms with Gasteiger partial charge in [0.05, 0.1) is 16.6 Å². The van der Waals surface area contributed by atoms with Crippen molar-refractivity contribution in [1.29, 1.82) is 0 Å². The lowest BCUT2D eigenvalue weighted by Gasteiger charge is -2.18. The molecule has 1 aromatic heterocycles. The van der Waals surface area contributed by atoms with Crippen molar-refractivity contribution in [2.45, 2.75) is 52.0 Å². The number of hydrogen-bond acceptors (Lipinski definition) is 2. The molecule has 2 N–H and O–H groups in total. The molecule has 1 unspecified atom stereocenters. The van der Waals surface area contributed by atoms with Crippen LogP contribution in [0.5, 0.6) is 0 Å². The first-order valence-electron chi connectivity index (χ1n) is 7.56. The Hall–Kier alpha value is -2.04. The summed E-state index contributed by atoms with van der Waals surface area (Å²) in [5.74, 6) is -1.00. The van der Waals surface area contributed by atoms with Gasteiger partial charge < -0.3 is 10.1 Å². The van der Waals surface area contributed by atoms with Crippen LogP contribution >= 0.6 is 0 Å². The minimum absolute atomic E-state index is 0.0525. The second-order valence-corrected chi connectivity index (χ2v) is 5.39. The first-order valence-corrected chi connectivity index (χ1v) is 7.56. The second-order valence-electron chi connectivity index (χ2n) is 5.39. The Kier molecular flexibility index (Phi) is 4.83. The van der Waals surface area contributed by atoms with E-state index in [4.69, 9.17) is 0 Å². The fourth-order valence-electron chi connectivity index (χ4n) is 2.88. The molecule has 2 rings (SSSR count). The van der Waals surface area contributed by atoms with E-state index < -0.39 is 5.97 Å². The molecule has 0 radical (unpaired) electrons. The monoisotopic (exact) mass is 290 g/mol. The van der Waals surface area contributed by atoms with E-state index in [0.29, 0.717) is 11.0 Å². The number of aromatic nitrogens is 2. The number of hydrogen-bond donors (Lipinski definition) is 2. The van der Waals surface area contributed by atoms with Crippen molar-refractivity contribution in [3.8, 4) is 0 Å². The summed E-state index contributed by atoms with van der Waals surface area (Å²) in [6, 6.07) is 5.02. The van der Waals surface area contributed by atoms with Crippen molar-refractivity contribution in [3.63, 3.8) is 0 Å². The highest BCUT2D eigenvalue weighted by atomic mass is 16.4. The van der Waals surface area contributed by atoms with Gasteiger partial charge in [-0.1, -0.05) is 39.2 Å². The second kappa shape index (κ2) is 6.61. The minimum atomic E-state index is -1.00. The number of nitrogens with zero attached hydrogens (tertiary/aromatic N) is 1. The van der Waals surface area contributed by atoms with E-state index in [-0.39, 0.29) is 17.3 Å². The van der Waals surface area contributed by atoms with Gasteiger partial charge in [0.15, 0.2) is 0 Å². The molecular weight excluding hydrogens is 268 g/mol. The molecule has 0 fully saturated rings. The quantitative estimate of drug-likeness (QED) is 0.818. The molecule has 5 nitrogen and oxygen atoms in total. The summed E-state index contributed by atoms with van der Waals surface area (Å²) >= 11 is 0. The number of aromatic amines is 1. The Balaban J connectivity index is 2.62. The van der Waals surface area contributed by atoms with Gasteiger partial charge in [-0.15, -0.1) is 0 Å². The summed E-state index contributed by atoms with van der Waals surface area (Å²) in [7, 11) is 0. The number of rotatable bonds is 7. The molecule has 114 valence electrons. The Bertz CT molecular complexity index is 684. The predicted molar refractivity (Wildman–Crippen MR) is 83.0 cm³/mol. The van der Waals surface area contributed by atoms with Gasteiger partial charge in [0.1, 0.15) is 0 Å². The highest BCUT2D eigenvalue weighted by Gasteiger charge is 2.20. The number of nitrogens with one attached hydrogen (secondary N) is 1. The zero-order chi connectivity index (χ0) is 15.4. The molecule has 0 spiro atoms. The van der Waals surface area contributed by atoms with Crippen LogP contribution in [0.15, 0.2) is 23.0 Å². The van der Waals surface area contributed by atoms with E-state index in [0.717, 1.165) is 32.1 Å². The number of carboxylic acid groups (broad SMARTS) is 1. The fraction of sp³-hybridized carbons (Fsp3) is 0.500. The molecule has 1 atom stereocenters. The molecule has 5 heteroatoms.